The fourth-order valence-corrected chi connectivity index (χ4v) is 2.58. The fourth-order valence-electron chi connectivity index (χ4n) is 2.32. The number of para-hydroxylation sites is 1. The molecule has 0 aliphatic heterocycles. The average molecular weight is 295 g/mol. The van der Waals surface area contributed by atoms with E-state index < -0.39 is 0 Å². The van der Waals surface area contributed by atoms with Crippen molar-refractivity contribution in [3.8, 4) is 17.3 Å². The zero-order valence-corrected chi connectivity index (χ0v) is 12.1. The fraction of sp³-hybridized carbons (Fsp3) is 0.125. The second kappa shape index (κ2) is 5.47. The number of nitriles is 1. The lowest BCUT2D eigenvalue weighted by Gasteiger charge is -2.10. The largest absolute Gasteiger partial charge is 0.236 e. The molecule has 0 atom stereocenters. The summed E-state index contributed by atoms with van der Waals surface area (Å²) in [5.74, 6) is 0. The van der Waals surface area contributed by atoms with Crippen molar-refractivity contribution in [3.63, 3.8) is 0 Å². The number of pyridine rings is 1. The minimum Gasteiger partial charge on any atom is -0.236 e. The van der Waals surface area contributed by atoms with Crippen molar-refractivity contribution in [3.05, 3.63) is 53.1 Å². The van der Waals surface area contributed by atoms with Crippen LogP contribution in [0.25, 0.3) is 22.2 Å². The molecule has 2 heterocycles. The molecule has 21 heavy (non-hydrogen) atoms. The summed E-state index contributed by atoms with van der Waals surface area (Å²) in [4.78, 5) is 12.7. The number of hydrogen-bond donors (Lipinski definition) is 0. The molecular formula is C16H11ClN4. The Hall–Kier alpha value is -2.51. The highest BCUT2D eigenvalue weighted by atomic mass is 35.5. The normalized spacial score (nSPS) is 10.5. The molecule has 3 aromatic rings. The van der Waals surface area contributed by atoms with Crippen LogP contribution in [0.5, 0.6) is 0 Å². The Morgan fingerprint density at radius 2 is 2.05 bits per heavy atom. The highest BCUT2D eigenvalue weighted by Gasteiger charge is 2.15. The third kappa shape index (κ3) is 2.32. The first kappa shape index (κ1) is 13.5. The zero-order chi connectivity index (χ0) is 14.8. The number of benzene rings is 1. The lowest BCUT2D eigenvalue weighted by atomic mass is 10.0. The number of nitrogens with zero attached hydrogens (tertiary/aromatic N) is 4. The third-order valence-corrected chi connectivity index (χ3v) is 3.66. The van der Waals surface area contributed by atoms with Crippen LogP contribution < -0.4 is 0 Å². The molecule has 0 saturated heterocycles. The van der Waals surface area contributed by atoms with Crippen molar-refractivity contribution >= 4 is 22.5 Å². The summed E-state index contributed by atoms with van der Waals surface area (Å²) >= 11 is 6.14. The van der Waals surface area contributed by atoms with Crippen LogP contribution >= 0.6 is 11.6 Å². The SMILES string of the molecule is CCc1c(Cl)ncnc1-c1cc2ccccc2nc1C#N. The van der Waals surface area contributed by atoms with Gasteiger partial charge >= 0.3 is 0 Å². The first-order valence-electron chi connectivity index (χ1n) is 6.54. The molecule has 0 saturated carbocycles. The van der Waals surface area contributed by atoms with E-state index in [1.165, 1.54) is 6.33 Å². The van der Waals surface area contributed by atoms with Crippen molar-refractivity contribution in [1.82, 2.24) is 15.0 Å². The van der Waals surface area contributed by atoms with Crippen molar-refractivity contribution in [2.45, 2.75) is 13.3 Å². The summed E-state index contributed by atoms with van der Waals surface area (Å²) < 4.78 is 0. The van der Waals surface area contributed by atoms with Gasteiger partial charge in [0.2, 0.25) is 0 Å². The smallest absolute Gasteiger partial charge is 0.150 e. The summed E-state index contributed by atoms with van der Waals surface area (Å²) in [6.07, 6.45) is 2.10. The average Bonchev–Trinajstić information content (AvgIpc) is 2.53. The van der Waals surface area contributed by atoms with Crippen LogP contribution in [0.4, 0.5) is 0 Å². The maximum Gasteiger partial charge on any atom is 0.150 e. The topological polar surface area (TPSA) is 62.5 Å². The molecule has 3 rings (SSSR count). The monoisotopic (exact) mass is 294 g/mol. The lowest BCUT2D eigenvalue weighted by molar-refractivity contribution is 1.05. The Morgan fingerprint density at radius 1 is 1.24 bits per heavy atom. The first-order valence-corrected chi connectivity index (χ1v) is 6.92. The summed E-state index contributed by atoms with van der Waals surface area (Å²) in [6.45, 7) is 1.98. The van der Waals surface area contributed by atoms with Crippen LogP contribution in [0.15, 0.2) is 36.7 Å². The quantitative estimate of drug-likeness (QED) is 0.675. The van der Waals surface area contributed by atoms with Gasteiger partial charge in [0.05, 0.1) is 11.2 Å². The molecular weight excluding hydrogens is 284 g/mol. The molecule has 5 heteroatoms. The molecule has 1 aromatic carbocycles. The van der Waals surface area contributed by atoms with E-state index in [2.05, 4.69) is 21.0 Å². The summed E-state index contributed by atoms with van der Waals surface area (Å²) in [7, 11) is 0. The third-order valence-electron chi connectivity index (χ3n) is 3.33. The second-order valence-electron chi connectivity index (χ2n) is 4.53. The van der Waals surface area contributed by atoms with E-state index in [0.717, 1.165) is 16.5 Å². The van der Waals surface area contributed by atoms with E-state index >= 15 is 0 Å². The molecule has 0 bridgehead atoms. The number of rotatable bonds is 2. The van der Waals surface area contributed by atoms with Gasteiger partial charge in [-0.2, -0.15) is 5.26 Å². The number of fused-ring (bicyclic) bond motifs is 1. The molecule has 4 nitrogen and oxygen atoms in total. The van der Waals surface area contributed by atoms with E-state index in [1.807, 2.05) is 37.3 Å². The molecule has 0 fully saturated rings. The molecule has 0 radical (unpaired) electrons. The van der Waals surface area contributed by atoms with Gasteiger partial charge in [-0.05, 0) is 18.6 Å². The summed E-state index contributed by atoms with van der Waals surface area (Å²) in [5, 5.41) is 10.8. The van der Waals surface area contributed by atoms with Gasteiger partial charge in [0.15, 0.2) is 5.69 Å². The molecule has 0 aliphatic carbocycles. The standard InChI is InChI=1S/C16H11ClN4/c1-2-11-15(19-9-20-16(11)17)12-7-10-5-3-4-6-13(10)21-14(12)8-18/h3-7,9H,2H2,1H3. The van der Waals surface area contributed by atoms with E-state index in [0.29, 0.717) is 28.5 Å². The van der Waals surface area contributed by atoms with Crippen LogP contribution in [0, 0.1) is 11.3 Å². The zero-order valence-electron chi connectivity index (χ0n) is 11.3. The summed E-state index contributed by atoms with van der Waals surface area (Å²) in [6, 6.07) is 11.7. The van der Waals surface area contributed by atoms with Gasteiger partial charge in [-0.3, -0.25) is 0 Å². The number of hydrogen-bond acceptors (Lipinski definition) is 4. The van der Waals surface area contributed by atoms with Gasteiger partial charge in [-0.15, -0.1) is 0 Å². The molecule has 0 N–H and O–H groups in total. The molecule has 2 aromatic heterocycles. The van der Waals surface area contributed by atoms with Gasteiger partial charge < -0.3 is 0 Å². The van der Waals surface area contributed by atoms with Gasteiger partial charge in [0.1, 0.15) is 17.5 Å². The van der Waals surface area contributed by atoms with E-state index in [9.17, 15) is 5.26 Å². The van der Waals surface area contributed by atoms with Gasteiger partial charge in [-0.1, -0.05) is 36.7 Å². The Balaban J connectivity index is 2.35. The van der Waals surface area contributed by atoms with Gasteiger partial charge in [0, 0.05) is 16.5 Å². The Morgan fingerprint density at radius 3 is 2.81 bits per heavy atom. The molecule has 0 spiro atoms. The van der Waals surface area contributed by atoms with Crippen LogP contribution in [0.1, 0.15) is 18.2 Å². The predicted octanol–water partition coefficient (Wildman–Crippen LogP) is 3.78. The molecule has 0 unspecified atom stereocenters. The first-order chi connectivity index (χ1) is 10.2. The predicted molar refractivity (Wildman–Crippen MR) is 81.9 cm³/mol. The van der Waals surface area contributed by atoms with Crippen molar-refractivity contribution in [2.24, 2.45) is 0 Å². The van der Waals surface area contributed by atoms with Crippen LogP contribution in [0.2, 0.25) is 5.15 Å². The lowest BCUT2D eigenvalue weighted by Crippen LogP contribution is -1.99. The van der Waals surface area contributed by atoms with Crippen molar-refractivity contribution < 1.29 is 0 Å². The summed E-state index contributed by atoms with van der Waals surface area (Å²) in [5.41, 5.74) is 3.33. The molecule has 102 valence electrons. The van der Waals surface area contributed by atoms with Crippen LogP contribution in [-0.2, 0) is 6.42 Å². The Bertz CT molecular complexity index is 868. The number of halogens is 1. The van der Waals surface area contributed by atoms with Crippen molar-refractivity contribution in [1.29, 1.82) is 5.26 Å². The highest BCUT2D eigenvalue weighted by molar-refractivity contribution is 6.30. The van der Waals surface area contributed by atoms with Crippen LogP contribution in [0.3, 0.4) is 0 Å². The van der Waals surface area contributed by atoms with Crippen molar-refractivity contribution in [2.75, 3.05) is 0 Å². The maximum absolute atomic E-state index is 9.38. The minimum atomic E-state index is 0.346. The van der Waals surface area contributed by atoms with Gasteiger partial charge in [-0.25, -0.2) is 15.0 Å². The maximum atomic E-state index is 9.38. The number of aromatic nitrogens is 3. The highest BCUT2D eigenvalue weighted by Crippen LogP contribution is 2.30. The van der Waals surface area contributed by atoms with Crippen LogP contribution in [-0.4, -0.2) is 15.0 Å². The Kier molecular flexibility index (Phi) is 3.51. The van der Waals surface area contributed by atoms with Gasteiger partial charge in [0.25, 0.3) is 0 Å². The second-order valence-corrected chi connectivity index (χ2v) is 4.89. The Labute approximate surface area is 127 Å². The van der Waals surface area contributed by atoms with E-state index in [1.54, 1.807) is 0 Å². The molecule has 0 amide bonds. The van der Waals surface area contributed by atoms with E-state index in [-0.39, 0.29) is 0 Å². The molecule has 0 aliphatic rings. The minimum absolute atomic E-state index is 0.346. The van der Waals surface area contributed by atoms with E-state index in [4.69, 9.17) is 11.6 Å².